The standard InChI is InChI=1S/C14H26N6O/c1-3-10-21-14-17-12(19-15)16-13(18-14)20-8-5-6-11(4-2)7-9-20/h11H,3-10,15H2,1-2H3,(H,16,17,18,19). The zero-order chi connectivity index (χ0) is 15.1. The van der Waals surface area contributed by atoms with Gasteiger partial charge in [-0.05, 0) is 31.6 Å². The molecule has 3 N–H and O–H groups in total. The van der Waals surface area contributed by atoms with Crippen LogP contribution in [0.25, 0.3) is 0 Å². The van der Waals surface area contributed by atoms with Gasteiger partial charge in [0.1, 0.15) is 0 Å². The van der Waals surface area contributed by atoms with Crippen molar-refractivity contribution in [1.82, 2.24) is 15.0 Å². The second-order valence-corrected chi connectivity index (χ2v) is 5.43. The highest BCUT2D eigenvalue weighted by Gasteiger charge is 2.19. The van der Waals surface area contributed by atoms with Gasteiger partial charge in [-0.3, -0.25) is 5.43 Å². The number of nitrogen functional groups attached to an aromatic ring is 1. The van der Waals surface area contributed by atoms with E-state index in [0.717, 1.165) is 25.4 Å². The van der Waals surface area contributed by atoms with Gasteiger partial charge >= 0.3 is 6.01 Å². The van der Waals surface area contributed by atoms with E-state index >= 15 is 0 Å². The highest BCUT2D eigenvalue weighted by molar-refractivity contribution is 5.37. The first-order valence-corrected chi connectivity index (χ1v) is 7.87. The van der Waals surface area contributed by atoms with Gasteiger partial charge in [0.05, 0.1) is 6.61 Å². The third-order valence-electron chi connectivity index (χ3n) is 3.88. The molecule has 0 aliphatic carbocycles. The molecule has 1 aromatic rings. The first-order chi connectivity index (χ1) is 10.3. The third-order valence-corrected chi connectivity index (χ3v) is 3.88. The molecule has 2 heterocycles. The number of rotatable bonds is 6. The minimum atomic E-state index is 0.339. The minimum absolute atomic E-state index is 0.339. The summed E-state index contributed by atoms with van der Waals surface area (Å²) in [6.45, 7) is 6.84. The molecule has 1 saturated heterocycles. The molecule has 7 heteroatoms. The fraction of sp³-hybridized carbons (Fsp3) is 0.786. The lowest BCUT2D eigenvalue weighted by molar-refractivity contribution is 0.292. The van der Waals surface area contributed by atoms with Crippen LogP contribution in [0.2, 0.25) is 0 Å². The third kappa shape index (κ3) is 4.42. The predicted octanol–water partition coefficient (Wildman–Crippen LogP) is 1.96. The van der Waals surface area contributed by atoms with Crippen LogP contribution in [0.3, 0.4) is 0 Å². The lowest BCUT2D eigenvalue weighted by Gasteiger charge is -2.21. The number of nitrogens with one attached hydrogen (secondary N) is 1. The topological polar surface area (TPSA) is 89.2 Å². The molecule has 0 spiro atoms. The molecule has 2 rings (SSSR count). The Hall–Kier alpha value is -1.63. The maximum Gasteiger partial charge on any atom is 0.323 e. The van der Waals surface area contributed by atoms with Gasteiger partial charge in [-0.1, -0.05) is 20.3 Å². The van der Waals surface area contributed by atoms with E-state index in [-0.39, 0.29) is 0 Å². The summed E-state index contributed by atoms with van der Waals surface area (Å²) in [6.07, 6.45) is 5.78. The molecule has 1 aromatic heterocycles. The average Bonchev–Trinajstić information content (AvgIpc) is 2.78. The Morgan fingerprint density at radius 2 is 2.10 bits per heavy atom. The van der Waals surface area contributed by atoms with Crippen molar-refractivity contribution in [3.05, 3.63) is 0 Å². The van der Waals surface area contributed by atoms with E-state index in [4.69, 9.17) is 10.6 Å². The number of anilines is 2. The molecule has 0 radical (unpaired) electrons. The number of aromatic nitrogens is 3. The Morgan fingerprint density at radius 3 is 2.81 bits per heavy atom. The monoisotopic (exact) mass is 294 g/mol. The van der Waals surface area contributed by atoms with Crippen molar-refractivity contribution in [3.63, 3.8) is 0 Å². The van der Waals surface area contributed by atoms with E-state index in [2.05, 4.69) is 32.2 Å². The fourth-order valence-electron chi connectivity index (χ4n) is 2.58. The summed E-state index contributed by atoms with van der Waals surface area (Å²) in [4.78, 5) is 15.1. The lowest BCUT2D eigenvalue weighted by Crippen LogP contribution is -2.27. The van der Waals surface area contributed by atoms with Gasteiger partial charge in [0.25, 0.3) is 0 Å². The largest absolute Gasteiger partial charge is 0.463 e. The van der Waals surface area contributed by atoms with Crippen LogP contribution in [0.1, 0.15) is 46.0 Å². The smallest absolute Gasteiger partial charge is 0.323 e. The molecule has 1 aliphatic heterocycles. The number of hydrogen-bond donors (Lipinski definition) is 2. The first kappa shape index (κ1) is 15.8. The van der Waals surface area contributed by atoms with Gasteiger partial charge in [0, 0.05) is 13.1 Å². The Morgan fingerprint density at radius 1 is 1.24 bits per heavy atom. The molecular formula is C14H26N6O. The van der Waals surface area contributed by atoms with E-state index in [1.54, 1.807) is 0 Å². The Kier molecular flexibility index (Phi) is 5.98. The second kappa shape index (κ2) is 7.97. The van der Waals surface area contributed by atoms with E-state index in [0.29, 0.717) is 24.5 Å². The molecule has 1 aliphatic rings. The summed E-state index contributed by atoms with van der Waals surface area (Å²) in [5, 5.41) is 0. The van der Waals surface area contributed by atoms with Crippen LogP contribution < -0.4 is 20.9 Å². The Balaban J connectivity index is 2.13. The van der Waals surface area contributed by atoms with Crippen LogP contribution in [0, 0.1) is 5.92 Å². The van der Waals surface area contributed by atoms with Crippen LogP contribution in [-0.2, 0) is 0 Å². The van der Waals surface area contributed by atoms with E-state index in [1.807, 2.05) is 6.92 Å². The molecule has 0 amide bonds. The SMILES string of the molecule is CCCOc1nc(NN)nc(N2CCCC(CC)CC2)n1. The van der Waals surface area contributed by atoms with Gasteiger partial charge < -0.3 is 9.64 Å². The zero-order valence-corrected chi connectivity index (χ0v) is 13.0. The highest BCUT2D eigenvalue weighted by Crippen LogP contribution is 2.23. The van der Waals surface area contributed by atoms with Crippen molar-refractivity contribution in [2.45, 2.75) is 46.0 Å². The summed E-state index contributed by atoms with van der Waals surface area (Å²) in [5.41, 5.74) is 2.49. The van der Waals surface area contributed by atoms with Crippen LogP contribution in [-0.4, -0.2) is 34.6 Å². The van der Waals surface area contributed by atoms with Crippen LogP contribution in [0.15, 0.2) is 0 Å². The molecule has 0 bridgehead atoms. The number of nitrogens with zero attached hydrogens (tertiary/aromatic N) is 4. The van der Waals surface area contributed by atoms with Gasteiger partial charge in [0.2, 0.25) is 11.9 Å². The van der Waals surface area contributed by atoms with Gasteiger partial charge in [-0.2, -0.15) is 15.0 Å². The van der Waals surface area contributed by atoms with Crippen LogP contribution in [0.5, 0.6) is 6.01 Å². The van der Waals surface area contributed by atoms with E-state index in [1.165, 1.54) is 25.7 Å². The van der Waals surface area contributed by atoms with Gasteiger partial charge in [0.15, 0.2) is 0 Å². The van der Waals surface area contributed by atoms with E-state index < -0.39 is 0 Å². The molecule has 0 saturated carbocycles. The summed E-state index contributed by atoms with van der Waals surface area (Å²) in [5.74, 6) is 7.25. The molecular weight excluding hydrogens is 268 g/mol. The molecule has 21 heavy (non-hydrogen) atoms. The predicted molar refractivity (Wildman–Crippen MR) is 83.3 cm³/mol. The van der Waals surface area contributed by atoms with E-state index in [9.17, 15) is 0 Å². The maximum atomic E-state index is 5.52. The van der Waals surface area contributed by atoms with Gasteiger partial charge in [-0.25, -0.2) is 5.84 Å². The Bertz CT molecular complexity index is 441. The number of nitrogens with two attached hydrogens (primary N) is 1. The number of hydrazine groups is 1. The summed E-state index contributed by atoms with van der Waals surface area (Å²) in [6, 6.07) is 0.339. The summed E-state index contributed by atoms with van der Waals surface area (Å²) in [7, 11) is 0. The summed E-state index contributed by atoms with van der Waals surface area (Å²) < 4.78 is 5.52. The second-order valence-electron chi connectivity index (χ2n) is 5.43. The molecule has 118 valence electrons. The van der Waals surface area contributed by atoms with Crippen molar-refractivity contribution >= 4 is 11.9 Å². The van der Waals surface area contributed by atoms with Crippen molar-refractivity contribution in [2.75, 3.05) is 30.0 Å². The zero-order valence-electron chi connectivity index (χ0n) is 13.0. The highest BCUT2D eigenvalue weighted by atomic mass is 16.5. The normalized spacial score (nSPS) is 19.2. The van der Waals surface area contributed by atoms with Crippen LogP contribution >= 0.6 is 0 Å². The average molecular weight is 294 g/mol. The van der Waals surface area contributed by atoms with Gasteiger partial charge in [-0.15, -0.1) is 0 Å². The Labute approximate surface area is 126 Å². The molecule has 1 atom stereocenters. The number of ether oxygens (including phenoxy) is 1. The lowest BCUT2D eigenvalue weighted by atomic mass is 9.98. The van der Waals surface area contributed by atoms with Crippen molar-refractivity contribution < 1.29 is 4.74 Å². The van der Waals surface area contributed by atoms with Crippen molar-refractivity contribution in [1.29, 1.82) is 0 Å². The maximum absolute atomic E-state index is 5.52. The fourth-order valence-corrected chi connectivity index (χ4v) is 2.58. The van der Waals surface area contributed by atoms with Crippen molar-refractivity contribution in [3.8, 4) is 6.01 Å². The molecule has 1 fully saturated rings. The molecule has 1 unspecified atom stereocenters. The number of hydrogen-bond acceptors (Lipinski definition) is 7. The van der Waals surface area contributed by atoms with Crippen LogP contribution in [0.4, 0.5) is 11.9 Å². The minimum Gasteiger partial charge on any atom is -0.463 e. The summed E-state index contributed by atoms with van der Waals surface area (Å²) >= 11 is 0. The molecule has 0 aromatic carbocycles. The van der Waals surface area contributed by atoms with Crippen molar-refractivity contribution in [2.24, 2.45) is 11.8 Å². The quantitative estimate of drug-likeness (QED) is 0.612. The molecule has 7 nitrogen and oxygen atoms in total. The first-order valence-electron chi connectivity index (χ1n) is 7.87.